The molecule has 0 saturated carbocycles. The summed E-state index contributed by atoms with van der Waals surface area (Å²) < 4.78 is 11.6. The van der Waals surface area contributed by atoms with Crippen molar-refractivity contribution in [3.63, 3.8) is 0 Å². The fraction of sp³-hybridized carbons (Fsp3) is 0.350. The summed E-state index contributed by atoms with van der Waals surface area (Å²) in [6, 6.07) is 11.4. The molecule has 25 heavy (non-hydrogen) atoms. The number of nitrogens with two attached hydrogens (primary N) is 1. The van der Waals surface area contributed by atoms with E-state index in [2.05, 4.69) is 0 Å². The van der Waals surface area contributed by atoms with E-state index < -0.39 is 0 Å². The van der Waals surface area contributed by atoms with Crippen LogP contribution in [0, 0.1) is 6.92 Å². The number of anilines is 1. The van der Waals surface area contributed by atoms with Crippen molar-refractivity contribution in [3.05, 3.63) is 53.1 Å². The van der Waals surface area contributed by atoms with Crippen molar-refractivity contribution < 1.29 is 14.3 Å². The Morgan fingerprint density at radius 1 is 1.20 bits per heavy atom. The van der Waals surface area contributed by atoms with Crippen LogP contribution in [0.4, 0.5) is 5.69 Å². The summed E-state index contributed by atoms with van der Waals surface area (Å²) >= 11 is 0. The van der Waals surface area contributed by atoms with Crippen LogP contribution < -0.4 is 15.2 Å². The number of benzene rings is 2. The average molecular weight is 338 g/mol. The molecule has 5 nitrogen and oxygen atoms in total. The van der Waals surface area contributed by atoms with Crippen molar-refractivity contribution in [1.82, 2.24) is 4.90 Å². The van der Waals surface area contributed by atoms with Crippen LogP contribution in [0.25, 0.3) is 0 Å². The van der Waals surface area contributed by atoms with E-state index in [-0.39, 0.29) is 11.9 Å². The molecular weight excluding hydrogens is 316 g/mol. The summed E-state index contributed by atoms with van der Waals surface area (Å²) in [4.78, 5) is 15.1. The maximum absolute atomic E-state index is 13.2. The first-order valence-electron chi connectivity index (χ1n) is 8.71. The van der Waals surface area contributed by atoms with Crippen LogP contribution in [0.3, 0.4) is 0 Å². The monoisotopic (exact) mass is 338 g/mol. The Hall–Kier alpha value is -2.69. The first-order chi connectivity index (χ1) is 12.1. The molecule has 2 N–H and O–H groups in total. The molecule has 0 aromatic heterocycles. The van der Waals surface area contributed by atoms with Crippen LogP contribution in [0.2, 0.25) is 0 Å². The molecule has 4 rings (SSSR count). The van der Waals surface area contributed by atoms with Crippen molar-refractivity contribution in [1.29, 1.82) is 0 Å². The van der Waals surface area contributed by atoms with Crippen LogP contribution >= 0.6 is 0 Å². The van der Waals surface area contributed by atoms with Crippen molar-refractivity contribution in [3.8, 4) is 11.5 Å². The van der Waals surface area contributed by atoms with Crippen LogP contribution in [0.15, 0.2) is 36.4 Å². The van der Waals surface area contributed by atoms with Gasteiger partial charge in [0.1, 0.15) is 13.2 Å². The molecule has 0 spiro atoms. The van der Waals surface area contributed by atoms with Gasteiger partial charge in [-0.3, -0.25) is 4.79 Å². The summed E-state index contributed by atoms with van der Waals surface area (Å²) in [6.45, 7) is 3.78. The second-order valence-electron chi connectivity index (χ2n) is 6.60. The topological polar surface area (TPSA) is 64.8 Å². The summed E-state index contributed by atoms with van der Waals surface area (Å²) in [5.41, 5.74) is 9.15. The van der Waals surface area contributed by atoms with Crippen LogP contribution in [0.1, 0.15) is 40.4 Å². The number of hydrogen-bond donors (Lipinski definition) is 1. The zero-order valence-electron chi connectivity index (χ0n) is 14.3. The Balaban J connectivity index is 1.70. The lowest BCUT2D eigenvalue weighted by molar-refractivity contribution is 0.0730. The smallest absolute Gasteiger partial charge is 0.254 e. The molecular formula is C20H22N2O3. The molecule has 0 aliphatic carbocycles. The number of ether oxygens (including phenoxy) is 2. The van der Waals surface area contributed by atoms with E-state index in [1.54, 1.807) is 6.07 Å². The van der Waals surface area contributed by atoms with Gasteiger partial charge in [0.15, 0.2) is 11.5 Å². The number of carbonyl (C=O) groups is 1. The predicted octanol–water partition coefficient (Wildman–Crippen LogP) is 3.33. The van der Waals surface area contributed by atoms with Gasteiger partial charge in [0.2, 0.25) is 0 Å². The Bertz CT molecular complexity index is 819. The van der Waals surface area contributed by atoms with Gasteiger partial charge in [0, 0.05) is 23.4 Å². The van der Waals surface area contributed by atoms with E-state index in [1.165, 1.54) is 0 Å². The number of amides is 1. The number of aryl methyl sites for hydroxylation is 1. The van der Waals surface area contributed by atoms with E-state index in [0.29, 0.717) is 24.5 Å². The molecule has 0 bridgehead atoms. The third-order valence-corrected chi connectivity index (χ3v) is 4.96. The van der Waals surface area contributed by atoms with Crippen molar-refractivity contribution in [2.75, 3.05) is 25.5 Å². The summed E-state index contributed by atoms with van der Waals surface area (Å²) in [5.74, 6) is 1.58. The zero-order chi connectivity index (χ0) is 17.4. The quantitative estimate of drug-likeness (QED) is 0.853. The fourth-order valence-corrected chi connectivity index (χ4v) is 3.72. The zero-order valence-corrected chi connectivity index (χ0v) is 14.3. The minimum atomic E-state index is 0.00461. The fourth-order valence-electron chi connectivity index (χ4n) is 3.72. The maximum atomic E-state index is 13.2. The van der Waals surface area contributed by atoms with Crippen LogP contribution in [0.5, 0.6) is 11.5 Å². The Morgan fingerprint density at radius 3 is 2.92 bits per heavy atom. The molecule has 1 unspecified atom stereocenters. The number of rotatable bonds is 2. The van der Waals surface area contributed by atoms with Gasteiger partial charge in [-0.25, -0.2) is 0 Å². The summed E-state index contributed by atoms with van der Waals surface area (Å²) in [6.07, 6.45) is 1.90. The molecule has 0 radical (unpaired) electrons. The molecule has 2 aliphatic heterocycles. The van der Waals surface area contributed by atoms with E-state index in [1.807, 2.05) is 42.2 Å². The predicted molar refractivity (Wildman–Crippen MR) is 96.0 cm³/mol. The highest BCUT2D eigenvalue weighted by molar-refractivity contribution is 5.97. The Morgan fingerprint density at radius 2 is 2.04 bits per heavy atom. The largest absolute Gasteiger partial charge is 0.486 e. The van der Waals surface area contributed by atoms with Gasteiger partial charge in [-0.05, 0) is 43.5 Å². The van der Waals surface area contributed by atoms with E-state index >= 15 is 0 Å². The van der Waals surface area contributed by atoms with Crippen LogP contribution in [-0.4, -0.2) is 30.6 Å². The molecule has 130 valence electrons. The van der Waals surface area contributed by atoms with Gasteiger partial charge in [-0.1, -0.05) is 18.2 Å². The van der Waals surface area contributed by atoms with Gasteiger partial charge in [-0.2, -0.15) is 0 Å². The maximum Gasteiger partial charge on any atom is 0.254 e. The third kappa shape index (κ3) is 2.80. The van der Waals surface area contributed by atoms with E-state index in [4.69, 9.17) is 15.2 Å². The highest BCUT2D eigenvalue weighted by Gasteiger charge is 2.34. The molecule has 5 heteroatoms. The van der Waals surface area contributed by atoms with Crippen LogP contribution in [-0.2, 0) is 0 Å². The average Bonchev–Trinajstić information content (AvgIpc) is 3.12. The van der Waals surface area contributed by atoms with Gasteiger partial charge < -0.3 is 20.1 Å². The van der Waals surface area contributed by atoms with Crippen molar-refractivity contribution in [2.45, 2.75) is 25.8 Å². The number of para-hydroxylation sites is 1. The lowest BCUT2D eigenvalue weighted by Crippen LogP contribution is -2.31. The molecule has 1 fully saturated rings. The summed E-state index contributed by atoms with van der Waals surface area (Å²) in [7, 11) is 0. The van der Waals surface area contributed by atoms with Crippen molar-refractivity contribution >= 4 is 11.6 Å². The second kappa shape index (κ2) is 6.31. The number of fused-ring (bicyclic) bond motifs is 1. The number of nitrogens with zero attached hydrogens (tertiary/aromatic N) is 1. The molecule has 1 amide bonds. The number of hydrogen-bond acceptors (Lipinski definition) is 4. The number of likely N-dealkylation sites (tertiary alicyclic amines) is 1. The van der Waals surface area contributed by atoms with E-state index in [0.717, 1.165) is 42.0 Å². The molecule has 2 aliphatic rings. The first kappa shape index (κ1) is 15.8. The minimum Gasteiger partial charge on any atom is -0.486 e. The molecule has 1 saturated heterocycles. The Kier molecular flexibility index (Phi) is 3.99. The van der Waals surface area contributed by atoms with E-state index in [9.17, 15) is 4.79 Å². The number of nitrogen functional groups attached to an aromatic ring is 1. The van der Waals surface area contributed by atoms with Gasteiger partial charge in [0.25, 0.3) is 5.91 Å². The minimum absolute atomic E-state index is 0.00461. The normalized spacial score (nSPS) is 19.1. The lowest BCUT2D eigenvalue weighted by atomic mass is 10.0. The third-order valence-electron chi connectivity index (χ3n) is 4.96. The highest BCUT2D eigenvalue weighted by Crippen LogP contribution is 2.43. The summed E-state index contributed by atoms with van der Waals surface area (Å²) in [5, 5.41) is 0. The molecule has 2 aromatic carbocycles. The SMILES string of the molecule is Cc1ccc(N)cc1C(=O)N1CCCC1c1cccc2c1OCCO2. The van der Waals surface area contributed by atoms with Gasteiger partial charge in [0.05, 0.1) is 6.04 Å². The van der Waals surface area contributed by atoms with Crippen molar-refractivity contribution in [2.24, 2.45) is 0 Å². The standard InChI is InChI=1S/C20H22N2O3/c1-13-7-8-14(21)12-16(13)20(23)22-9-3-5-17(22)15-4-2-6-18-19(15)25-11-10-24-18/h2,4,6-8,12,17H,3,5,9-11,21H2,1H3. The number of carbonyl (C=O) groups excluding carboxylic acids is 1. The van der Waals surface area contributed by atoms with Gasteiger partial charge >= 0.3 is 0 Å². The highest BCUT2D eigenvalue weighted by atomic mass is 16.6. The molecule has 2 heterocycles. The first-order valence-corrected chi connectivity index (χ1v) is 8.71. The molecule has 1 atom stereocenters. The lowest BCUT2D eigenvalue weighted by Gasteiger charge is -2.29. The van der Waals surface area contributed by atoms with Gasteiger partial charge in [-0.15, -0.1) is 0 Å². The Labute approximate surface area is 147 Å². The molecule has 2 aromatic rings. The second-order valence-corrected chi connectivity index (χ2v) is 6.60.